The zero-order valence-corrected chi connectivity index (χ0v) is 11.8. The third-order valence-electron chi connectivity index (χ3n) is 2.89. The Morgan fingerprint density at radius 3 is 2.67 bits per heavy atom. The third kappa shape index (κ3) is 3.44. The van der Waals surface area contributed by atoms with Gasteiger partial charge in [0, 0.05) is 5.92 Å². The summed E-state index contributed by atoms with van der Waals surface area (Å²) in [5, 5.41) is 0.444. The molecule has 1 aromatic carbocycles. The molecule has 2 rings (SSSR count). The van der Waals surface area contributed by atoms with Crippen molar-refractivity contribution in [1.29, 1.82) is 0 Å². The highest BCUT2D eigenvalue weighted by Gasteiger charge is 2.10. The quantitative estimate of drug-likeness (QED) is 0.789. The van der Waals surface area contributed by atoms with Gasteiger partial charge in [-0.2, -0.15) is 0 Å². The Hall–Kier alpha value is -2.70. The van der Waals surface area contributed by atoms with Gasteiger partial charge in [-0.3, -0.25) is 29.8 Å². The molecule has 0 bridgehead atoms. The molecule has 0 aliphatic carbocycles. The van der Waals surface area contributed by atoms with E-state index >= 15 is 0 Å². The molecule has 0 unspecified atom stereocenters. The molecule has 7 heteroatoms. The smallest absolute Gasteiger partial charge is 0.261 e. The number of hydrogen-bond acceptors (Lipinski definition) is 4. The van der Waals surface area contributed by atoms with Gasteiger partial charge in [-0.25, -0.2) is 4.98 Å². The zero-order chi connectivity index (χ0) is 15.4. The molecule has 0 saturated carbocycles. The number of amides is 2. The van der Waals surface area contributed by atoms with E-state index in [4.69, 9.17) is 0 Å². The normalized spacial score (nSPS) is 10.6. The van der Waals surface area contributed by atoms with Crippen LogP contribution in [-0.2, 0) is 16.1 Å². The summed E-state index contributed by atoms with van der Waals surface area (Å²) in [6, 6.07) is 6.90. The van der Waals surface area contributed by atoms with Crippen molar-refractivity contribution in [3.63, 3.8) is 0 Å². The first kappa shape index (κ1) is 14.7. The Morgan fingerprint density at radius 1 is 1.24 bits per heavy atom. The van der Waals surface area contributed by atoms with Gasteiger partial charge in [-0.15, -0.1) is 0 Å². The summed E-state index contributed by atoms with van der Waals surface area (Å²) in [5.41, 5.74) is 4.82. The fourth-order valence-corrected chi connectivity index (χ4v) is 1.69. The van der Waals surface area contributed by atoms with E-state index in [1.54, 1.807) is 38.1 Å². The Labute approximate surface area is 121 Å². The van der Waals surface area contributed by atoms with Gasteiger partial charge in [0.15, 0.2) is 0 Å². The van der Waals surface area contributed by atoms with Gasteiger partial charge >= 0.3 is 0 Å². The molecule has 0 saturated heterocycles. The molecule has 21 heavy (non-hydrogen) atoms. The highest BCUT2D eigenvalue weighted by molar-refractivity contribution is 5.83. The molecule has 0 radical (unpaired) electrons. The summed E-state index contributed by atoms with van der Waals surface area (Å²) in [6.07, 6.45) is 1.31. The molecule has 0 aliphatic rings. The van der Waals surface area contributed by atoms with E-state index in [2.05, 4.69) is 15.8 Å². The first-order valence-electron chi connectivity index (χ1n) is 6.52. The van der Waals surface area contributed by atoms with Gasteiger partial charge in [0.05, 0.1) is 17.2 Å². The first-order valence-corrected chi connectivity index (χ1v) is 6.52. The van der Waals surface area contributed by atoms with Crippen LogP contribution < -0.4 is 16.4 Å². The van der Waals surface area contributed by atoms with Gasteiger partial charge < -0.3 is 0 Å². The number of rotatable bonds is 3. The van der Waals surface area contributed by atoms with Gasteiger partial charge in [-0.05, 0) is 12.1 Å². The molecule has 2 amide bonds. The molecule has 0 fully saturated rings. The maximum absolute atomic E-state index is 12.2. The lowest BCUT2D eigenvalue weighted by molar-refractivity contribution is -0.130. The van der Waals surface area contributed by atoms with Crippen LogP contribution in [0, 0.1) is 5.92 Å². The van der Waals surface area contributed by atoms with Gasteiger partial charge in [0.2, 0.25) is 5.91 Å². The second-order valence-electron chi connectivity index (χ2n) is 4.89. The van der Waals surface area contributed by atoms with Crippen molar-refractivity contribution in [3.8, 4) is 0 Å². The van der Waals surface area contributed by atoms with Crippen molar-refractivity contribution in [3.05, 3.63) is 40.9 Å². The van der Waals surface area contributed by atoms with E-state index in [-0.39, 0.29) is 23.9 Å². The zero-order valence-electron chi connectivity index (χ0n) is 11.8. The maximum Gasteiger partial charge on any atom is 0.261 e. The van der Waals surface area contributed by atoms with Crippen LogP contribution >= 0.6 is 0 Å². The van der Waals surface area contributed by atoms with Gasteiger partial charge in [0.1, 0.15) is 6.54 Å². The van der Waals surface area contributed by atoms with Crippen LogP contribution in [0.3, 0.4) is 0 Å². The third-order valence-corrected chi connectivity index (χ3v) is 2.89. The number of nitrogens with one attached hydrogen (secondary N) is 2. The fourth-order valence-electron chi connectivity index (χ4n) is 1.69. The predicted octanol–water partition coefficient (Wildman–Crippen LogP) is 0.200. The molecule has 2 N–H and O–H groups in total. The van der Waals surface area contributed by atoms with Crippen LogP contribution in [0.15, 0.2) is 35.4 Å². The van der Waals surface area contributed by atoms with Crippen molar-refractivity contribution in [2.75, 3.05) is 0 Å². The second kappa shape index (κ2) is 6.17. The van der Waals surface area contributed by atoms with Crippen LogP contribution in [0.2, 0.25) is 0 Å². The van der Waals surface area contributed by atoms with E-state index in [9.17, 15) is 14.4 Å². The average molecular weight is 288 g/mol. The first-order chi connectivity index (χ1) is 9.99. The molecule has 0 aliphatic heterocycles. The Bertz CT molecular complexity index is 736. The maximum atomic E-state index is 12.2. The lowest BCUT2D eigenvalue weighted by Gasteiger charge is -2.10. The SMILES string of the molecule is CC(C)C(=O)NNC(=O)Cn1cnc2ccccc2c1=O. The number of fused-ring (bicyclic) bond motifs is 1. The lowest BCUT2D eigenvalue weighted by Crippen LogP contribution is -2.45. The van der Waals surface area contributed by atoms with E-state index in [1.807, 2.05) is 0 Å². The molecular formula is C14H16N4O3. The number of hydrogen-bond donors (Lipinski definition) is 2. The minimum Gasteiger partial charge on any atom is -0.289 e. The van der Waals surface area contributed by atoms with E-state index in [0.29, 0.717) is 10.9 Å². The Kier molecular flexibility index (Phi) is 4.32. The lowest BCUT2D eigenvalue weighted by atomic mass is 10.2. The Balaban J connectivity index is 2.10. The fraction of sp³-hybridized carbons (Fsp3) is 0.286. The minimum atomic E-state index is -0.497. The largest absolute Gasteiger partial charge is 0.289 e. The number of carbonyl (C=O) groups excluding carboxylic acids is 2. The Morgan fingerprint density at radius 2 is 1.95 bits per heavy atom. The van der Waals surface area contributed by atoms with Crippen molar-refractivity contribution < 1.29 is 9.59 Å². The molecule has 0 atom stereocenters. The highest BCUT2D eigenvalue weighted by Crippen LogP contribution is 2.04. The highest BCUT2D eigenvalue weighted by atomic mass is 16.2. The summed E-state index contributed by atoms with van der Waals surface area (Å²) < 4.78 is 1.19. The van der Waals surface area contributed by atoms with Crippen LogP contribution in [-0.4, -0.2) is 21.4 Å². The summed E-state index contributed by atoms with van der Waals surface area (Å²) in [4.78, 5) is 39.3. The van der Waals surface area contributed by atoms with Crippen molar-refractivity contribution in [2.45, 2.75) is 20.4 Å². The second-order valence-corrected chi connectivity index (χ2v) is 4.89. The van der Waals surface area contributed by atoms with Crippen LogP contribution in [0.25, 0.3) is 10.9 Å². The molecule has 1 aromatic heterocycles. The van der Waals surface area contributed by atoms with Crippen molar-refractivity contribution >= 4 is 22.7 Å². The summed E-state index contributed by atoms with van der Waals surface area (Å²) in [5.74, 6) is -1.04. The van der Waals surface area contributed by atoms with Gasteiger partial charge in [0.25, 0.3) is 11.5 Å². The number of para-hydroxylation sites is 1. The number of nitrogens with zero attached hydrogens (tertiary/aromatic N) is 2. The number of aromatic nitrogens is 2. The molecule has 7 nitrogen and oxygen atoms in total. The molecule has 110 valence electrons. The van der Waals surface area contributed by atoms with Crippen molar-refractivity contribution in [1.82, 2.24) is 20.4 Å². The van der Waals surface area contributed by atoms with E-state index in [1.165, 1.54) is 10.9 Å². The van der Waals surface area contributed by atoms with Crippen molar-refractivity contribution in [2.24, 2.45) is 5.92 Å². The molecule has 0 spiro atoms. The topological polar surface area (TPSA) is 93.1 Å². The van der Waals surface area contributed by atoms with Crippen LogP contribution in [0.4, 0.5) is 0 Å². The summed E-state index contributed by atoms with van der Waals surface area (Å²) >= 11 is 0. The van der Waals surface area contributed by atoms with E-state index in [0.717, 1.165) is 0 Å². The molecular weight excluding hydrogens is 272 g/mol. The standard InChI is InChI=1S/C14H16N4O3/c1-9(2)13(20)17-16-12(19)7-18-8-15-11-6-4-3-5-10(11)14(18)21/h3-6,8-9H,7H2,1-2H3,(H,16,19)(H,17,20). The van der Waals surface area contributed by atoms with Crippen LogP contribution in [0.1, 0.15) is 13.8 Å². The molecule has 2 aromatic rings. The number of benzene rings is 1. The van der Waals surface area contributed by atoms with Crippen LogP contribution in [0.5, 0.6) is 0 Å². The van der Waals surface area contributed by atoms with E-state index < -0.39 is 5.91 Å². The predicted molar refractivity (Wildman–Crippen MR) is 77.1 cm³/mol. The number of hydrazine groups is 1. The average Bonchev–Trinajstić information content (AvgIpc) is 2.48. The summed E-state index contributed by atoms with van der Waals surface area (Å²) in [7, 11) is 0. The van der Waals surface area contributed by atoms with Gasteiger partial charge in [-0.1, -0.05) is 26.0 Å². The minimum absolute atomic E-state index is 0.213. The number of carbonyl (C=O) groups is 2. The monoisotopic (exact) mass is 288 g/mol. The summed E-state index contributed by atoms with van der Waals surface area (Å²) in [6.45, 7) is 3.20. The molecule has 1 heterocycles.